The van der Waals surface area contributed by atoms with Gasteiger partial charge in [0, 0.05) is 6.07 Å². The number of aromatic hydroxyl groups is 2. The molecule has 0 saturated carbocycles. The summed E-state index contributed by atoms with van der Waals surface area (Å²) in [6, 6.07) is 1.26. The van der Waals surface area contributed by atoms with Crippen LogP contribution in [0.15, 0.2) is 15.3 Å². The van der Waals surface area contributed by atoms with Gasteiger partial charge < -0.3 is 24.1 Å². The molecule has 0 amide bonds. The van der Waals surface area contributed by atoms with Gasteiger partial charge in [-0.3, -0.25) is 4.79 Å². The van der Waals surface area contributed by atoms with Crippen LogP contribution in [0.3, 0.4) is 0 Å². The van der Waals surface area contributed by atoms with Gasteiger partial charge in [-0.1, -0.05) is 0 Å². The first-order chi connectivity index (χ1) is 8.51. The van der Waals surface area contributed by atoms with E-state index < -0.39 is 11.5 Å². The van der Waals surface area contributed by atoms with Crippen molar-refractivity contribution in [2.75, 3.05) is 14.2 Å². The van der Waals surface area contributed by atoms with Crippen molar-refractivity contribution in [1.29, 1.82) is 0 Å². The fourth-order valence-corrected chi connectivity index (χ4v) is 1.81. The molecule has 2 N–H and O–H groups in total. The third-order valence-corrected chi connectivity index (χ3v) is 2.57. The number of benzene rings is 1. The molecule has 96 valence electrons. The Kier molecular flexibility index (Phi) is 2.78. The van der Waals surface area contributed by atoms with Crippen LogP contribution in [0.2, 0.25) is 0 Å². The molecule has 0 radical (unpaired) electrons. The Morgan fingerprint density at radius 2 is 1.67 bits per heavy atom. The second kappa shape index (κ2) is 4.14. The van der Waals surface area contributed by atoms with Crippen molar-refractivity contribution in [3.05, 3.63) is 22.0 Å². The van der Waals surface area contributed by atoms with Gasteiger partial charge in [-0.2, -0.15) is 0 Å². The van der Waals surface area contributed by atoms with E-state index in [1.807, 2.05) is 0 Å². The maximum atomic E-state index is 11.9. The van der Waals surface area contributed by atoms with Crippen molar-refractivity contribution in [2.45, 2.75) is 6.92 Å². The Labute approximate surface area is 102 Å². The van der Waals surface area contributed by atoms with E-state index in [1.165, 1.54) is 20.3 Å². The molecule has 18 heavy (non-hydrogen) atoms. The molecule has 1 heterocycles. The molecule has 0 aliphatic rings. The molecule has 2 rings (SSSR count). The molecule has 0 atom stereocenters. The number of hydrogen-bond acceptors (Lipinski definition) is 6. The summed E-state index contributed by atoms with van der Waals surface area (Å²) in [4.78, 5) is 11.9. The molecule has 0 spiro atoms. The van der Waals surface area contributed by atoms with E-state index in [-0.39, 0.29) is 27.9 Å². The summed E-state index contributed by atoms with van der Waals surface area (Å²) in [7, 11) is 2.57. The second-order valence-electron chi connectivity index (χ2n) is 3.69. The maximum absolute atomic E-state index is 11.9. The highest BCUT2D eigenvalue weighted by Gasteiger charge is 2.24. The average molecular weight is 252 g/mol. The van der Waals surface area contributed by atoms with Gasteiger partial charge >= 0.3 is 0 Å². The Hall–Kier alpha value is -2.37. The van der Waals surface area contributed by atoms with Gasteiger partial charge in [-0.15, -0.1) is 0 Å². The second-order valence-corrected chi connectivity index (χ2v) is 3.69. The van der Waals surface area contributed by atoms with Crippen molar-refractivity contribution in [3.63, 3.8) is 0 Å². The molecular formula is C12H12O6. The van der Waals surface area contributed by atoms with Crippen LogP contribution >= 0.6 is 0 Å². The van der Waals surface area contributed by atoms with Crippen LogP contribution in [0, 0.1) is 6.92 Å². The molecule has 6 nitrogen and oxygen atoms in total. The van der Waals surface area contributed by atoms with E-state index in [0.717, 1.165) is 0 Å². The molecule has 0 aliphatic carbocycles. The van der Waals surface area contributed by atoms with Crippen molar-refractivity contribution >= 4 is 11.0 Å². The lowest BCUT2D eigenvalue weighted by atomic mass is 10.1. The highest BCUT2D eigenvalue weighted by atomic mass is 16.5. The monoisotopic (exact) mass is 252 g/mol. The van der Waals surface area contributed by atoms with Gasteiger partial charge in [0.05, 0.1) is 14.2 Å². The van der Waals surface area contributed by atoms with Crippen molar-refractivity contribution in [3.8, 4) is 23.0 Å². The first-order valence-electron chi connectivity index (χ1n) is 5.11. The molecule has 0 bridgehead atoms. The summed E-state index contributed by atoms with van der Waals surface area (Å²) in [6.07, 6.45) is 0. The highest BCUT2D eigenvalue weighted by molar-refractivity contribution is 5.94. The molecule has 6 heteroatoms. The van der Waals surface area contributed by atoms with Gasteiger partial charge in [-0.05, 0) is 6.92 Å². The van der Waals surface area contributed by atoms with Gasteiger partial charge in [0.1, 0.15) is 11.1 Å². The first-order valence-corrected chi connectivity index (χ1v) is 5.11. The van der Waals surface area contributed by atoms with Gasteiger partial charge in [-0.25, -0.2) is 0 Å². The maximum Gasteiger partial charge on any atom is 0.208 e. The van der Waals surface area contributed by atoms with Crippen molar-refractivity contribution in [2.24, 2.45) is 0 Å². The number of aryl methyl sites for hydroxylation is 1. The van der Waals surface area contributed by atoms with Crippen LogP contribution in [0.5, 0.6) is 23.0 Å². The van der Waals surface area contributed by atoms with Gasteiger partial charge in [0.2, 0.25) is 17.2 Å². The van der Waals surface area contributed by atoms with Crippen LogP contribution in [0.4, 0.5) is 0 Å². The molecule has 1 aromatic carbocycles. The Bertz CT molecular complexity index is 671. The van der Waals surface area contributed by atoms with Crippen molar-refractivity contribution < 1.29 is 24.1 Å². The minimum absolute atomic E-state index is 0.0234. The zero-order chi connectivity index (χ0) is 13.4. The van der Waals surface area contributed by atoms with Crippen molar-refractivity contribution in [1.82, 2.24) is 0 Å². The number of rotatable bonds is 2. The smallest absolute Gasteiger partial charge is 0.208 e. The minimum Gasteiger partial charge on any atom is -0.502 e. The summed E-state index contributed by atoms with van der Waals surface area (Å²) in [5, 5.41) is 19.6. The van der Waals surface area contributed by atoms with E-state index in [1.54, 1.807) is 6.92 Å². The third kappa shape index (κ3) is 1.54. The standard InChI is InChI=1S/C12H12O6/c1-5-4-6(13)7-10(16-2)8(14)9(15)12(17-3)11(7)18-5/h4,14-15H,1-3H3. The number of methoxy groups -OCH3 is 2. The van der Waals surface area contributed by atoms with E-state index in [9.17, 15) is 15.0 Å². The van der Waals surface area contributed by atoms with Crippen LogP contribution in [0.1, 0.15) is 5.76 Å². The number of phenols is 2. The molecule has 0 saturated heterocycles. The predicted molar refractivity (Wildman–Crippen MR) is 63.7 cm³/mol. The fourth-order valence-electron chi connectivity index (χ4n) is 1.81. The van der Waals surface area contributed by atoms with E-state index >= 15 is 0 Å². The number of hydrogen-bond donors (Lipinski definition) is 2. The Balaban J connectivity index is 3.11. The SMILES string of the molecule is COc1c(O)c(O)c(OC)c2c(=O)cc(C)oc12. The van der Waals surface area contributed by atoms with Crippen LogP contribution in [0.25, 0.3) is 11.0 Å². The lowest BCUT2D eigenvalue weighted by Crippen LogP contribution is -2.04. The average Bonchev–Trinajstić information content (AvgIpc) is 2.32. The molecule has 1 aromatic heterocycles. The lowest BCUT2D eigenvalue weighted by molar-refractivity contribution is 0.328. The molecular weight excluding hydrogens is 240 g/mol. The first kappa shape index (κ1) is 12.1. The summed E-state index contributed by atoms with van der Waals surface area (Å²) in [5.74, 6) is -0.979. The number of phenolic OH excluding ortho intramolecular Hbond substituents is 2. The minimum atomic E-state index is -0.557. The van der Waals surface area contributed by atoms with Gasteiger partial charge in [0.15, 0.2) is 16.8 Å². The van der Waals surface area contributed by atoms with Crippen LogP contribution < -0.4 is 14.9 Å². The van der Waals surface area contributed by atoms with E-state index in [4.69, 9.17) is 13.9 Å². The van der Waals surface area contributed by atoms with Gasteiger partial charge in [0.25, 0.3) is 0 Å². The number of ether oxygens (including phenoxy) is 2. The summed E-state index contributed by atoms with van der Waals surface area (Å²) in [6.45, 7) is 1.59. The van der Waals surface area contributed by atoms with E-state index in [2.05, 4.69) is 0 Å². The summed E-state index contributed by atoms with van der Waals surface area (Å²) < 4.78 is 15.3. The summed E-state index contributed by atoms with van der Waals surface area (Å²) >= 11 is 0. The third-order valence-electron chi connectivity index (χ3n) is 2.57. The highest BCUT2D eigenvalue weighted by Crippen LogP contribution is 2.48. The molecule has 0 fully saturated rings. The fraction of sp³-hybridized carbons (Fsp3) is 0.250. The summed E-state index contributed by atoms with van der Waals surface area (Å²) in [5.41, 5.74) is -0.353. The molecule has 2 aromatic rings. The zero-order valence-corrected chi connectivity index (χ0v) is 10.1. The normalized spacial score (nSPS) is 10.6. The molecule has 0 unspecified atom stereocenters. The van der Waals surface area contributed by atoms with Crippen LogP contribution in [-0.4, -0.2) is 24.4 Å². The zero-order valence-electron chi connectivity index (χ0n) is 10.1. The quantitative estimate of drug-likeness (QED) is 0.788. The predicted octanol–water partition coefficient (Wildman–Crippen LogP) is 1.53. The largest absolute Gasteiger partial charge is 0.502 e. The Morgan fingerprint density at radius 3 is 2.22 bits per heavy atom. The topological polar surface area (TPSA) is 89.1 Å². The van der Waals surface area contributed by atoms with Crippen LogP contribution in [-0.2, 0) is 0 Å². The lowest BCUT2D eigenvalue weighted by Gasteiger charge is -2.12. The molecule has 0 aliphatic heterocycles. The Morgan fingerprint density at radius 1 is 1.11 bits per heavy atom. The number of fused-ring (bicyclic) bond motifs is 1. The van der Waals surface area contributed by atoms with E-state index in [0.29, 0.717) is 5.76 Å².